The van der Waals surface area contributed by atoms with Gasteiger partial charge in [0, 0.05) is 11.2 Å². The van der Waals surface area contributed by atoms with Gasteiger partial charge in [0.05, 0.1) is 6.42 Å². The minimum Gasteiger partial charge on any atom is -0.609 e. The van der Waals surface area contributed by atoms with Crippen LogP contribution in [0.3, 0.4) is 0 Å². The molecule has 0 saturated carbocycles. The van der Waals surface area contributed by atoms with Crippen molar-refractivity contribution in [3.8, 4) is 0 Å². The Labute approximate surface area is 63.6 Å². The van der Waals surface area contributed by atoms with Gasteiger partial charge in [-0.2, -0.15) is 0 Å². The molecule has 1 aliphatic rings. The van der Waals surface area contributed by atoms with E-state index >= 15 is 0 Å². The molecule has 1 heterocycles. The van der Waals surface area contributed by atoms with Crippen LogP contribution in [0.25, 0.3) is 0 Å². The lowest BCUT2D eigenvalue weighted by molar-refractivity contribution is -0.112. The van der Waals surface area contributed by atoms with Crippen LogP contribution in [0.5, 0.6) is 0 Å². The first-order chi connectivity index (χ1) is 3.80. The molecule has 0 aromatic carbocycles. The van der Waals surface area contributed by atoms with Crippen molar-refractivity contribution in [3.63, 3.8) is 0 Å². The Morgan fingerprint density at radius 1 is 1.44 bits per heavy atom. The van der Waals surface area contributed by atoms with Gasteiger partial charge in [-0.3, -0.25) is 0 Å². The molecule has 0 aromatic rings. The predicted octanol–water partition coefficient (Wildman–Crippen LogP) is 0.867. The van der Waals surface area contributed by atoms with Gasteiger partial charge < -0.3 is 4.55 Å². The Kier molecular flexibility index (Phi) is 4.27. The lowest BCUT2D eigenvalue weighted by atomic mass is 10.3. The predicted molar refractivity (Wildman–Crippen MR) is 39.1 cm³/mol. The molecule has 4 heteroatoms. The molecule has 1 unspecified atom stereocenters. The summed E-state index contributed by atoms with van der Waals surface area (Å²) in [4.78, 5) is 10.5. The van der Waals surface area contributed by atoms with Crippen molar-refractivity contribution >= 4 is 28.7 Å². The number of carbonyl (C=O) groups is 1. The van der Waals surface area contributed by atoms with Crippen LogP contribution in [0, 0.1) is 0 Å². The Bertz CT molecular complexity index is 107. The second-order valence-electron chi connectivity index (χ2n) is 1.88. The Hall–Kier alpha value is 0.270. The van der Waals surface area contributed by atoms with Gasteiger partial charge in [-0.25, -0.2) is 4.79 Å². The van der Waals surface area contributed by atoms with E-state index in [9.17, 15) is 9.35 Å². The summed E-state index contributed by atoms with van der Waals surface area (Å²) < 4.78 is 10.6. The van der Waals surface area contributed by atoms with Crippen molar-refractivity contribution in [3.05, 3.63) is 0 Å². The van der Waals surface area contributed by atoms with Crippen molar-refractivity contribution in [2.75, 3.05) is 5.75 Å². The first kappa shape index (κ1) is 9.27. The molecule has 54 valence electrons. The molecular weight excluding hydrogens is 160 g/mol. The third kappa shape index (κ3) is 2.56. The van der Waals surface area contributed by atoms with E-state index in [2.05, 4.69) is 0 Å². The largest absolute Gasteiger partial charge is 0.609 e. The maximum Gasteiger partial charge on any atom is 0.328 e. The van der Waals surface area contributed by atoms with Gasteiger partial charge in [-0.15, -0.1) is 12.4 Å². The maximum atomic E-state index is 10.6. The molecule has 0 radical (unpaired) electrons. The fourth-order valence-electron chi connectivity index (χ4n) is 0.730. The van der Waals surface area contributed by atoms with Crippen molar-refractivity contribution in [2.45, 2.75) is 19.3 Å². The summed E-state index contributed by atoms with van der Waals surface area (Å²) in [7, 11) is 0. The van der Waals surface area contributed by atoms with E-state index in [-0.39, 0.29) is 17.5 Å². The first-order valence-corrected chi connectivity index (χ1v) is 4.04. The molecule has 0 N–H and O–H groups in total. The number of hydrogen-bond acceptors (Lipinski definition) is 2. The average Bonchev–Trinajstić information content (AvgIpc) is 1.77. The first-order valence-electron chi connectivity index (χ1n) is 2.72. The zero-order valence-corrected chi connectivity index (χ0v) is 6.59. The standard InChI is InChI=1S/C5H8O2S.ClH/c6-5-3-1-2-4-8(5)7;/h1-4H2;1H. The van der Waals surface area contributed by atoms with Gasteiger partial charge in [0.2, 0.25) is 0 Å². The number of hydrogen-bond donors (Lipinski definition) is 0. The zero-order valence-electron chi connectivity index (χ0n) is 4.96. The monoisotopic (exact) mass is 168 g/mol. The Morgan fingerprint density at radius 3 is 2.44 bits per heavy atom. The van der Waals surface area contributed by atoms with Crippen LogP contribution < -0.4 is 0 Å². The molecule has 0 amide bonds. The van der Waals surface area contributed by atoms with Gasteiger partial charge >= 0.3 is 5.12 Å². The van der Waals surface area contributed by atoms with E-state index in [0.29, 0.717) is 12.2 Å². The van der Waals surface area contributed by atoms with Crippen LogP contribution in [-0.2, 0) is 16.0 Å². The van der Waals surface area contributed by atoms with E-state index in [1.54, 1.807) is 0 Å². The summed E-state index contributed by atoms with van der Waals surface area (Å²) >= 11 is -1.12. The summed E-state index contributed by atoms with van der Waals surface area (Å²) in [6.45, 7) is 0. The van der Waals surface area contributed by atoms with Crippen molar-refractivity contribution in [2.24, 2.45) is 0 Å². The molecule has 0 aliphatic carbocycles. The van der Waals surface area contributed by atoms with Crippen LogP contribution in [-0.4, -0.2) is 15.4 Å². The fraction of sp³-hybridized carbons (Fsp3) is 0.800. The van der Waals surface area contributed by atoms with E-state index < -0.39 is 11.2 Å². The third-order valence-corrected chi connectivity index (χ3v) is 2.59. The van der Waals surface area contributed by atoms with Crippen molar-refractivity contribution < 1.29 is 9.35 Å². The Morgan fingerprint density at radius 2 is 2.11 bits per heavy atom. The quantitative estimate of drug-likeness (QED) is 0.504. The molecule has 1 atom stereocenters. The van der Waals surface area contributed by atoms with Crippen LogP contribution in [0.4, 0.5) is 0 Å². The number of carbonyl (C=O) groups excluding carboxylic acids is 1. The SMILES string of the molecule is Cl.O=C1CCCC[S+]1[O-]. The van der Waals surface area contributed by atoms with Gasteiger partial charge in [-0.1, -0.05) is 0 Å². The minimum atomic E-state index is -1.12. The summed E-state index contributed by atoms with van der Waals surface area (Å²) in [5, 5.41) is -0.0590. The summed E-state index contributed by atoms with van der Waals surface area (Å²) in [6, 6.07) is 0. The fourth-order valence-corrected chi connectivity index (χ4v) is 1.80. The minimum absolute atomic E-state index is 0. The molecule has 1 aliphatic heterocycles. The summed E-state index contributed by atoms with van der Waals surface area (Å²) in [6.07, 6.45) is 2.43. The highest BCUT2D eigenvalue weighted by atomic mass is 35.5. The molecule has 1 rings (SSSR count). The van der Waals surface area contributed by atoms with E-state index in [1.807, 2.05) is 0 Å². The van der Waals surface area contributed by atoms with Crippen LogP contribution >= 0.6 is 12.4 Å². The third-order valence-electron chi connectivity index (χ3n) is 1.21. The maximum absolute atomic E-state index is 10.6. The van der Waals surface area contributed by atoms with Crippen molar-refractivity contribution in [1.29, 1.82) is 0 Å². The highest BCUT2D eigenvalue weighted by molar-refractivity contribution is 8.06. The normalized spacial score (nSPS) is 27.2. The highest BCUT2D eigenvalue weighted by Crippen LogP contribution is 2.11. The number of rotatable bonds is 0. The summed E-state index contributed by atoms with van der Waals surface area (Å²) in [5.74, 6) is 0.596. The second-order valence-corrected chi connectivity index (χ2v) is 3.43. The lowest BCUT2D eigenvalue weighted by Crippen LogP contribution is -2.22. The van der Waals surface area contributed by atoms with E-state index in [4.69, 9.17) is 0 Å². The van der Waals surface area contributed by atoms with Gasteiger partial charge in [0.15, 0.2) is 0 Å². The topological polar surface area (TPSA) is 40.1 Å². The zero-order chi connectivity index (χ0) is 5.98. The molecule has 1 fully saturated rings. The van der Waals surface area contributed by atoms with Crippen molar-refractivity contribution in [1.82, 2.24) is 0 Å². The molecule has 2 nitrogen and oxygen atoms in total. The number of halogens is 1. The lowest BCUT2D eigenvalue weighted by Gasteiger charge is -2.12. The average molecular weight is 169 g/mol. The van der Waals surface area contributed by atoms with Crippen LogP contribution in [0.15, 0.2) is 0 Å². The molecule has 1 saturated heterocycles. The summed E-state index contributed by atoms with van der Waals surface area (Å²) in [5.41, 5.74) is 0. The van der Waals surface area contributed by atoms with Crippen LogP contribution in [0.2, 0.25) is 0 Å². The van der Waals surface area contributed by atoms with Gasteiger partial charge in [0.25, 0.3) is 0 Å². The molecule has 9 heavy (non-hydrogen) atoms. The van der Waals surface area contributed by atoms with E-state index in [1.165, 1.54) is 0 Å². The van der Waals surface area contributed by atoms with Gasteiger partial charge in [0.1, 0.15) is 5.75 Å². The van der Waals surface area contributed by atoms with E-state index in [0.717, 1.165) is 12.8 Å². The molecular formula is C5H9ClO2S. The second kappa shape index (κ2) is 4.14. The Balaban J connectivity index is 0.000000640. The highest BCUT2D eigenvalue weighted by Gasteiger charge is 2.22. The molecule has 0 spiro atoms. The molecule has 0 bridgehead atoms. The smallest absolute Gasteiger partial charge is 0.328 e. The molecule has 0 aromatic heterocycles. The van der Waals surface area contributed by atoms with Gasteiger partial charge in [-0.05, 0) is 12.8 Å². The van der Waals surface area contributed by atoms with Crippen LogP contribution in [0.1, 0.15) is 19.3 Å².